The number of rotatable bonds is 9. The smallest absolute Gasteiger partial charge is 0.263 e. The molecule has 0 saturated heterocycles. The molecule has 0 bridgehead atoms. The van der Waals surface area contributed by atoms with Crippen LogP contribution in [-0.2, 0) is 0 Å². The van der Waals surface area contributed by atoms with Crippen LogP contribution >= 0.6 is 11.6 Å². The lowest BCUT2D eigenvalue weighted by Crippen LogP contribution is -2.23. The van der Waals surface area contributed by atoms with E-state index >= 15 is 0 Å². The molecule has 0 radical (unpaired) electrons. The fourth-order valence-electron chi connectivity index (χ4n) is 4.06. The van der Waals surface area contributed by atoms with Crippen molar-refractivity contribution in [3.63, 3.8) is 0 Å². The van der Waals surface area contributed by atoms with E-state index in [-0.39, 0.29) is 16.5 Å². The lowest BCUT2D eigenvalue weighted by atomic mass is 10.0. The van der Waals surface area contributed by atoms with Crippen LogP contribution in [0.25, 0.3) is 16.5 Å². The van der Waals surface area contributed by atoms with Gasteiger partial charge in [0.05, 0.1) is 56.7 Å². The van der Waals surface area contributed by atoms with Crippen molar-refractivity contribution in [2.24, 2.45) is 0 Å². The molecule has 4 aromatic rings. The number of ether oxygens (including phenoxy) is 5. The number of fused-ring (bicyclic) bond motifs is 1. The highest BCUT2D eigenvalue weighted by Crippen LogP contribution is 2.37. The van der Waals surface area contributed by atoms with Crippen molar-refractivity contribution in [3.8, 4) is 34.4 Å². The Kier molecular flexibility index (Phi) is 7.97. The Bertz CT molecular complexity index is 1550. The lowest BCUT2D eigenvalue weighted by Gasteiger charge is -2.17. The van der Waals surface area contributed by atoms with Gasteiger partial charge in [0.15, 0.2) is 11.5 Å². The summed E-state index contributed by atoms with van der Waals surface area (Å²) in [6.07, 6.45) is 1.49. The monoisotopic (exact) mass is 538 g/mol. The lowest BCUT2D eigenvalue weighted by molar-refractivity contribution is 0.102. The van der Waals surface area contributed by atoms with Gasteiger partial charge in [0, 0.05) is 23.3 Å². The maximum Gasteiger partial charge on any atom is 0.263 e. The summed E-state index contributed by atoms with van der Waals surface area (Å²) < 4.78 is 28.4. The number of aromatic nitrogens is 1. The minimum Gasteiger partial charge on any atom is -0.495 e. The molecule has 0 aliphatic rings. The topological polar surface area (TPSA) is 97.2 Å². The fourth-order valence-corrected chi connectivity index (χ4v) is 4.30. The van der Waals surface area contributed by atoms with Gasteiger partial charge in [0.1, 0.15) is 17.2 Å². The summed E-state index contributed by atoms with van der Waals surface area (Å²) in [7, 11) is 5.91. The molecule has 0 spiro atoms. The zero-order chi connectivity index (χ0) is 27.4. The maximum absolute atomic E-state index is 13.7. The Hall–Kier alpha value is -4.37. The molecule has 3 aromatic carbocycles. The predicted octanol–water partition coefficient (Wildman–Crippen LogP) is 5.33. The number of anilines is 1. The second kappa shape index (κ2) is 11.4. The predicted molar refractivity (Wildman–Crippen MR) is 146 cm³/mol. The standard InChI is InChI=1S/C28H27ClN2O7/c1-6-38-17-9-7-16(8-10-17)31-15-20(18-11-25(36-4)26(37-5)12-19(18)28(31)33)27(32)30-22-13-21(29)23(34-2)14-24(22)35-3/h7-15H,6H2,1-5H3,(H,30,32). The number of pyridine rings is 1. The number of carbonyl (C=O) groups excluding carboxylic acids is 1. The molecule has 1 N–H and O–H groups in total. The van der Waals surface area contributed by atoms with Gasteiger partial charge in [-0.2, -0.15) is 0 Å². The van der Waals surface area contributed by atoms with E-state index in [1.165, 1.54) is 45.3 Å². The number of methoxy groups -OCH3 is 4. The van der Waals surface area contributed by atoms with Gasteiger partial charge >= 0.3 is 0 Å². The summed E-state index contributed by atoms with van der Waals surface area (Å²) in [5.41, 5.74) is 0.750. The van der Waals surface area contributed by atoms with Crippen LogP contribution in [0.3, 0.4) is 0 Å². The number of hydrogen-bond acceptors (Lipinski definition) is 7. The first kappa shape index (κ1) is 26.7. The van der Waals surface area contributed by atoms with Crippen molar-refractivity contribution < 1.29 is 28.5 Å². The molecular weight excluding hydrogens is 512 g/mol. The van der Waals surface area contributed by atoms with Crippen LogP contribution in [0, 0.1) is 0 Å². The SMILES string of the molecule is CCOc1ccc(-n2cc(C(=O)Nc3cc(Cl)c(OC)cc3OC)c3cc(OC)c(OC)cc3c2=O)cc1. The summed E-state index contributed by atoms with van der Waals surface area (Å²) in [5, 5.41) is 3.78. The van der Waals surface area contributed by atoms with Gasteiger partial charge in [-0.1, -0.05) is 11.6 Å². The van der Waals surface area contributed by atoms with Crippen molar-refractivity contribution in [2.75, 3.05) is 40.4 Å². The number of carbonyl (C=O) groups is 1. The maximum atomic E-state index is 13.7. The number of halogens is 1. The first-order valence-corrected chi connectivity index (χ1v) is 12.0. The molecule has 1 aromatic heterocycles. The largest absolute Gasteiger partial charge is 0.495 e. The fraction of sp³-hybridized carbons (Fsp3) is 0.214. The quantitative estimate of drug-likeness (QED) is 0.307. The number of nitrogens with one attached hydrogen (secondary N) is 1. The zero-order valence-corrected chi connectivity index (χ0v) is 22.3. The molecule has 0 fully saturated rings. The van der Waals surface area contributed by atoms with Crippen LogP contribution in [0.2, 0.25) is 5.02 Å². The van der Waals surface area contributed by atoms with E-state index in [0.29, 0.717) is 57.1 Å². The molecule has 9 nitrogen and oxygen atoms in total. The molecule has 38 heavy (non-hydrogen) atoms. The number of nitrogens with zero attached hydrogens (tertiary/aromatic N) is 1. The highest BCUT2D eigenvalue weighted by atomic mass is 35.5. The Morgan fingerprint density at radius 1 is 0.842 bits per heavy atom. The minimum atomic E-state index is -0.499. The van der Waals surface area contributed by atoms with Gasteiger partial charge in [-0.25, -0.2) is 0 Å². The first-order chi connectivity index (χ1) is 18.3. The molecule has 0 aliphatic heterocycles. The van der Waals surface area contributed by atoms with Gasteiger partial charge in [-0.05, 0) is 49.4 Å². The molecule has 4 rings (SSSR count). The van der Waals surface area contributed by atoms with Crippen LogP contribution < -0.4 is 34.6 Å². The van der Waals surface area contributed by atoms with Crippen molar-refractivity contribution in [2.45, 2.75) is 6.92 Å². The van der Waals surface area contributed by atoms with Crippen LogP contribution in [-0.4, -0.2) is 45.5 Å². The van der Waals surface area contributed by atoms with Crippen molar-refractivity contribution in [1.82, 2.24) is 4.57 Å². The van der Waals surface area contributed by atoms with Gasteiger partial charge in [0.25, 0.3) is 11.5 Å². The summed E-state index contributed by atoms with van der Waals surface area (Å²) in [6, 6.07) is 13.3. The molecule has 1 amide bonds. The molecular formula is C28H27ClN2O7. The average Bonchev–Trinajstić information content (AvgIpc) is 2.93. The second-order valence-corrected chi connectivity index (χ2v) is 8.45. The van der Waals surface area contributed by atoms with E-state index in [2.05, 4.69) is 5.32 Å². The normalized spacial score (nSPS) is 10.7. The molecule has 0 saturated carbocycles. The molecule has 10 heteroatoms. The highest BCUT2D eigenvalue weighted by molar-refractivity contribution is 6.32. The number of benzene rings is 3. The second-order valence-electron chi connectivity index (χ2n) is 8.04. The zero-order valence-electron chi connectivity index (χ0n) is 21.6. The third kappa shape index (κ3) is 5.05. The third-order valence-electron chi connectivity index (χ3n) is 5.91. The van der Waals surface area contributed by atoms with E-state index in [0.717, 1.165) is 0 Å². The Morgan fingerprint density at radius 3 is 2.03 bits per heavy atom. The molecule has 0 aliphatic carbocycles. The van der Waals surface area contributed by atoms with Gasteiger partial charge in [-0.3, -0.25) is 14.2 Å². The van der Waals surface area contributed by atoms with E-state index < -0.39 is 5.91 Å². The summed E-state index contributed by atoms with van der Waals surface area (Å²) in [6.45, 7) is 2.40. The third-order valence-corrected chi connectivity index (χ3v) is 6.21. The average molecular weight is 539 g/mol. The summed E-state index contributed by atoms with van der Waals surface area (Å²) in [4.78, 5) is 27.3. The molecule has 0 atom stereocenters. The Morgan fingerprint density at radius 2 is 1.45 bits per heavy atom. The molecule has 0 unspecified atom stereocenters. The first-order valence-electron chi connectivity index (χ1n) is 11.6. The van der Waals surface area contributed by atoms with Crippen molar-refractivity contribution in [1.29, 1.82) is 0 Å². The number of amides is 1. The Labute approximate surface area is 224 Å². The van der Waals surface area contributed by atoms with Gasteiger partial charge in [0.2, 0.25) is 0 Å². The number of hydrogen-bond donors (Lipinski definition) is 1. The van der Waals surface area contributed by atoms with E-state index in [4.69, 9.17) is 35.3 Å². The van der Waals surface area contributed by atoms with Gasteiger partial charge in [-0.15, -0.1) is 0 Å². The van der Waals surface area contributed by atoms with E-state index in [1.807, 2.05) is 6.92 Å². The van der Waals surface area contributed by atoms with Crippen molar-refractivity contribution >= 4 is 34.0 Å². The molecule has 1 heterocycles. The minimum absolute atomic E-state index is 0.212. The van der Waals surface area contributed by atoms with E-state index in [9.17, 15) is 9.59 Å². The van der Waals surface area contributed by atoms with Crippen LogP contribution in [0.1, 0.15) is 17.3 Å². The van der Waals surface area contributed by atoms with Crippen LogP contribution in [0.4, 0.5) is 5.69 Å². The summed E-state index contributed by atoms with van der Waals surface area (Å²) in [5.74, 6) is 1.64. The van der Waals surface area contributed by atoms with E-state index in [1.54, 1.807) is 42.5 Å². The highest BCUT2D eigenvalue weighted by Gasteiger charge is 2.21. The Balaban J connectivity index is 1.91. The molecule has 198 valence electrons. The van der Waals surface area contributed by atoms with Crippen LogP contribution in [0.5, 0.6) is 28.7 Å². The van der Waals surface area contributed by atoms with Crippen LogP contribution in [0.15, 0.2) is 59.5 Å². The van der Waals surface area contributed by atoms with Gasteiger partial charge < -0.3 is 29.0 Å². The van der Waals surface area contributed by atoms with Crippen molar-refractivity contribution in [3.05, 3.63) is 75.7 Å². The summed E-state index contributed by atoms with van der Waals surface area (Å²) >= 11 is 6.30.